The molecule has 1 aliphatic rings. The molecule has 0 amide bonds. The molecule has 2 rings (SSSR count). The topological polar surface area (TPSA) is 47.0 Å². The molecule has 18 heavy (non-hydrogen) atoms. The van der Waals surface area contributed by atoms with Gasteiger partial charge in [0.25, 0.3) is 5.56 Å². The van der Waals surface area contributed by atoms with Gasteiger partial charge in [-0.05, 0) is 31.5 Å². The molecule has 1 aliphatic carbocycles. The minimum Gasteiger partial charge on any atom is -0.357 e. The van der Waals surface area contributed by atoms with Crippen molar-refractivity contribution in [2.75, 3.05) is 0 Å². The Morgan fingerprint density at radius 2 is 2.17 bits per heavy atom. The lowest BCUT2D eigenvalue weighted by Gasteiger charge is -2.22. The molecule has 4 nitrogen and oxygen atoms in total. The molecule has 5 heteroatoms. The smallest absolute Gasteiger partial charge is 0.254 e. The number of aromatic amines is 1. The van der Waals surface area contributed by atoms with E-state index in [0.717, 1.165) is 18.4 Å². The number of H-pyrrole nitrogens is 1. The molecule has 0 aromatic carbocycles. The number of nitrogens with zero attached hydrogens (tertiary/aromatic N) is 1. The lowest BCUT2D eigenvalue weighted by molar-refractivity contribution is -0.0139. The summed E-state index contributed by atoms with van der Waals surface area (Å²) in [7, 11) is 0. The van der Waals surface area contributed by atoms with Crippen molar-refractivity contribution < 1.29 is 4.74 Å². The second-order valence-corrected chi connectivity index (χ2v) is 5.18. The minimum atomic E-state index is -0.0867. The molecule has 1 fully saturated rings. The van der Waals surface area contributed by atoms with E-state index in [4.69, 9.17) is 17.0 Å². The Morgan fingerprint density at radius 3 is 2.83 bits per heavy atom. The number of aromatic nitrogens is 2. The van der Waals surface area contributed by atoms with Crippen LogP contribution in [0.4, 0.5) is 0 Å². The van der Waals surface area contributed by atoms with Gasteiger partial charge in [-0.1, -0.05) is 26.2 Å². The van der Waals surface area contributed by atoms with Gasteiger partial charge in [0.2, 0.25) is 0 Å². The van der Waals surface area contributed by atoms with Crippen LogP contribution in [0.25, 0.3) is 0 Å². The maximum Gasteiger partial charge on any atom is 0.254 e. The Balaban J connectivity index is 2.04. The first kappa shape index (κ1) is 13.5. The first-order valence-corrected chi connectivity index (χ1v) is 7.05. The van der Waals surface area contributed by atoms with E-state index in [1.807, 2.05) is 17.7 Å². The molecule has 0 atom stereocenters. The Morgan fingerprint density at radius 1 is 1.44 bits per heavy atom. The Hall–Kier alpha value is -0.940. The van der Waals surface area contributed by atoms with Crippen molar-refractivity contribution in [3.63, 3.8) is 0 Å². The molecular formula is C13H20N2O2S. The van der Waals surface area contributed by atoms with Crippen LogP contribution in [0, 0.1) is 4.77 Å². The monoisotopic (exact) mass is 268 g/mol. The number of nitrogens with one attached hydrogen (secondary N) is 1. The van der Waals surface area contributed by atoms with Crippen LogP contribution in [0.1, 0.15) is 44.6 Å². The molecule has 0 radical (unpaired) electrons. The second kappa shape index (κ2) is 6.29. The number of ether oxygens (including phenoxy) is 1. The van der Waals surface area contributed by atoms with E-state index in [9.17, 15) is 4.79 Å². The molecule has 0 aliphatic heterocycles. The molecular weight excluding hydrogens is 248 g/mol. The predicted octanol–water partition coefficient (Wildman–Crippen LogP) is 2.78. The van der Waals surface area contributed by atoms with Crippen molar-refractivity contribution in [1.82, 2.24) is 9.55 Å². The van der Waals surface area contributed by atoms with E-state index < -0.39 is 0 Å². The standard InChI is InChI=1S/C13H20N2O2S/c1-2-10-8-15(13(18)14-12(10)16)9-17-11-6-4-3-5-7-11/h8,11H,2-7,9H2,1H3,(H,14,16,18). The SMILES string of the molecule is CCc1cn(COC2CCCCC2)c(=S)[nH]c1=O. The first-order valence-electron chi connectivity index (χ1n) is 6.65. The molecule has 1 N–H and O–H groups in total. The zero-order valence-corrected chi connectivity index (χ0v) is 11.6. The van der Waals surface area contributed by atoms with Crippen LogP contribution in [-0.2, 0) is 17.9 Å². The first-order chi connectivity index (χ1) is 8.70. The third kappa shape index (κ3) is 3.29. The van der Waals surface area contributed by atoms with E-state index in [0.29, 0.717) is 24.0 Å². The van der Waals surface area contributed by atoms with Crippen molar-refractivity contribution in [3.8, 4) is 0 Å². The molecule has 0 unspecified atom stereocenters. The highest BCUT2D eigenvalue weighted by Crippen LogP contribution is 2.20. The lowest BCUT2D eigenvalue weighted by Crippen LogP contribution is -2.22. The van der Waals surface area contributed by atoms with Crippen LogP contribution in [0.5, 0.6) is 0 Å². The molecule has 0 spiro atoms. The summed E-state index contributed by atoms with van der Waals surface area (Å²) in [4.78, 5) is 14.2. The van der Waals surface area contributed by atoms with Crippen molar-refractivity contribution in [1.29, 1.82) is 0 Å². The zero-order chi connectivity index (χ0) is 13.0. The summed E-state index contributed by atoms with van der Waals surface area (Å²) in [6.45, 7) is 2.40. The normalized spacial score (nSPS) is 16.9. The number of rotatable bonds is 4. The van der Waals surface area contributed by atoms with E-state index in [1.165, 1.54) is 19.3 Å². The Bertz CT molecular complexity index is 500. The van der Waals surface area contributed by atoms with Gasteiger partial charge in [-0.2, -0.15) is 0 Å². The highest BCUT2D eigenvalue weighted by Gasteiger charge is 2.13. The zero-order valence-electron chi connectivity index (χ0n) is 10.8. The van der Waals surface area contributed by atoms with E-state index in [1.54, 1.807) is 0 Å². The summed E-state index contributed by atoms with van der Waals surface area (Å²) < 4.78 is 8.11. The molecule has 0 bridgehead atoms. The summed E-state index contributed by atoms with van der Waals surface area (Å²) in [5, 5.41) is 0. The number of hydrogen-bond acceptors (Lipinski definition) is 3. The minimum absolute atomic E-state index is 0.0867. The van der Waals surface area contributed by atoms with Crippen LogP contribution < -0.4 is 5.56 Å². The highest BCUT2D eigenvalue weighted by molar-refractivity contribution is 7.71. The van der Waals surface area contributed by atoms with Gasteiger partial charge in [0, 0.05) is 11.8 Å². The number of aryl methyl sites for hydroxylation is 1. The van der Waals surface area contributed by atoms with Crippen molar-refractivity contribution >= 4 is 12.2 Å². The quantitative estimate of drug-likeness (QED) is 0.854. The second-order valence-electron chi connectivity index (χ2n) is 4.79. The van der Waals surface area contributed by atoms with E-state index in [2.05, 4.69) is 4.98 Å². The third-order valence-corrected chi connectivity index (χ3v) is 3.80. The van der Waals surface area contributed by atoms with Gasteiger partial charge in [-0.15, -0.1) is 0 Å². The Labute approximate surface area is 112 Å². The van der Waals surface area contributed by atoms with Crippen LogP contribution in [0.15, 0.2) is 11.0 Å². The average Bonchev–Trinajstić information content (AvgIpc) is 2.39. The van der Waals surface area contributed by atoms with Gasteiger partial charge >= 0.3 is 0 Å². The lowest BCUT2D eigenvalue weighted by atomic mass is 9.98. The van der Waals surface area contributed by atoms with Crippen molar-refractivity contribution in [3.05, 3.63) is 26.9 Å². The van der Waals surface area contributed by atoms with E-state index in [-0.39, 0.29) is 5.56 Å². The summed E-state index contributed by atoms with van der Waals surface area (Å²) in [5.74, 6) is 0. The van der Waals surface area contributed by atoms with Gasteiger partial charge in [0.1, 0.15) is 6.73 Å². The summed E-state index contributed by atoms with van der Waals surface area (Å²) in [5.41, 5.74) is 0.660. The molecule has 0 saturated heterocycles. The van der Waals surface area contributed by atoms with Crippen LogP contribution in [-0.4, -0.2) is 15.7 Å². The average molecular weight is 268 g/mol. The largest absolute Gasteiger partial charge is 0.357 e. The van der Waals surface area contributed by atoms with Crippen LogP contribution in [0.2, 0.25) is 0 Å². The summed E-state index contributed by atoms with van der Waals surface area (Å²) >= 11 is 5.14. The van der Waals surface area contributed by atoms with Crippen LogP contribution in [0.3, 0.4) is 0 Å². The fourth-order valence-corrected chi connectivity index (χ4v) is 2.52. The maximum absolute atomic E-state index is 11.6. The fraction of sp³-hybridized carbons (Fsp3) is 0.692. The molecule has 1 heterocycles. The van der Waals surface area contributed by atoms with Gasteiger partial charge in [0.05, 0.1) is 6.10 Å². The van der Waals surface area contributed by atoms with Crippen LogP contribution >= 0.6 is 12.2 Å². The molecule has 100 valence electrons. The van der Waals surface area contributed by atoms with Crippen molar-refractivity contribution in [2.24, 2.45) is 0 Å². The summed E-state index contributed by atoms with van der Waals surface area (Å²) in [6, 6.07) is 0. The highest BCUT2D eigenvalue weighted by atomic mass is 32.1. The van der Waals surface area contributed by atoms with Gasteiger partial charge < -0.3 is 9.30 Å². The molecule has 1 aromatic rings. The third-order valence-electron chi connectivity index (χ3n) is 3.47. The van der Waals surface area contributed by atoms with Gasteiger partial charge in [-0.3, -0.25) is 9.78 Å². The molecule has 1 aromatic heterocycles. The van der Waals surface area contributed by atoms with Gasteiger partial charge in [-0.25, -0.2) is 0 Å². The fourth-order valence-electron chi connectivity index (χ4n) is 2.32. The maximum atomic E-state index is 11.6. The summed E-state index contributed by atoms with van der Waals surface area (Å²) in [6.07, 6.45) is 8.95. The molecule has 1 saturated carbocycles. The number of hydrogen-bond donors (Lipinski definition) is 1. The predicted molar refractivity (Wildman–Crippen MR) is 73.2 cm³/mol. The van der Waals surface area contributed by atoms with Gasteiger partial charge in [0.15, 0.2) is 4.77 Å². The van der Waals surface area contributed by atoms with E-state index >= 15 is 0 Å². The van der Waals surface area contributed by atoms with Crippen molar-refractivity contribution in [2.45, 2.75) is 58.3 Å². The Kier molecular flexibility index (Phi) is 4.72.